The summed E-state index contributed by atoms with van der Waals surface area (Å²) in [6, 6.07) is 7.33. The number of amides is 1. The first kappa shape index (κ1) is 17.8. The highest BCUT2D eigenvalue weighted by Crippen LogP contribution is 2.20. The van der Waals surface area contributed by atoms with E-state index in [0.717, 1.165) is 37.1 Å². The number of ether oxygens (including phenoxy) is 1. The van der Waals surface area contributed by atoms with Crippen LogP contribution in [0, 0.1) is 0 Å². The molecule has 5 heteroatoms. The summed E-state index contributed by atoms with van der Waals surface area (Å²) in [6.45, 7) is 6.94. The second-order valence-electron chi connectivity index (χ2n) is 6.68. The van der Waals surface area contributed by atoms with E-state index in [-0.39, 0.29) is 18.6 Å². The molecule has 3 N–H and O–H groups in total. The maximum Gasteiger partial charge on any atom is 0.240 e. The lowest BCUT2D eigenvalue weighted by Crippen LogP contribution is -2.57. The molecule has 2 rings (SSSR count). The SMILES string of the molecule is CC(C)Oc1ccc(C(O)CNC(=O)C2(C)CCCCN2)cc1. The monoisotopic (exact) mass is 320 g/mol. The molecule has 1 aromatic rings. The number of hydrogen-bond donors (Lipinski definition) is 3. The summed E-state index contributed by atoms with van der Waals surface area (Å²) in [5, 5.41) is 16.4. The van der Waals surface area contributed by atoms with Crippen molar-refractivity contribution in [1.29, 1.82) is 0 Å². The number of aliphatic hydroxyl groups is 1. The Kier molecular flexibility index (Phi) is 6.02. The van der Waals surface area contributed by atoms with E-state index in [2.05, 4.69) is 10.6 Å². The first-order valence-corrected chi connectivity index (χ1v) is 8.39. The van der Waals surface area contributed by atoms with Gasteiger partial charge in [-0.25, -0.2) is 0 Å². The molecule has 1 heterocycles. The maximum absolute atomic E-state index is 12.3. The van der Waals surface area contributed by atoms with Gasteiger partial charge in [-0.15, -0.1) is 0 Å². The minimum atomic E-state index is -0.723. The van der Waals surface area contributed by atoms with E-state index in [0.29, 0.717) is 0 Å². The highest BCUT2D eigenvalue weighted by atomic mass is 16.5. The molecule has 5 nitrogen and oxygen atoms in total. The summed E-state index contributed by atoms with van der Waals surface area (Å²) < 4.78 is 5.58. The van der Waals surface area contributed by atoms with Gasteiger partial charge in [0, 0.05) is 6.54 Å². The molecule has 0 saturated carbocycles. The third kappa shape index (κ3) is 4.94. The molecule has 128 valence electrons. The summed E-state index contributed by atoms with van der Waals surface area (Å²) in [5.41, 5.74) is 0.246. The molecular weight excluding hydrogens is 292 g/mol. The Labute approximate surface area is 138 Å². The van der Waals surface area contributed by atoms with Crippen molar-refractivity contribution in [2.75, 3.05) is 13.1 Å². The lowest BCUT2D eigenvalue weighted by Gasteiger charge is -2.33. The second kappa shape index (κ2) is 7.79. The number of rotatable bonds is 6. The van der Waals surface area contributed by atoms with E-state index in [9.17, 15) is 9.90 Å². The third-order valence-corrected chi connectivity index (χ3v) is 4.21. The predicted octanol–water partition coefficient (Wildman–Crippen LogP) is 2.16. The molecule has 1 aliphatic rings. The molecule has 0 spiro atoms. The van der Waals surface area contributed by atoms with Gasteiger partial charge in [0.15, 0.2) is 0 Å². The van der Waals surface area contributed by atoms with E-state index in [1.807, 2.05) is 45.0 Å². The van der Waals surface area contributed by atoms with Crippen molar-refractivity contribution in [3.63, 3.8) is 0 Å². The zero-order valence-corrected chi connectivity index (χ0v) is 14.3. The lowest BCUT2D eigenvalue weighted by atomic mass is 9.90. The molecule has 0 aliphatic carbocycles. The van der Waals surface area contributed by atoms with Gasteiger partial charge in [-0.2, -0.15) is 0 Å². The zero-order valence-electron chi connectivity index (χ0n) is 14.3. The molecule has 1 fully saturated rings. The fraction of sp³-hybridized carbons (Fsp3) is 0.611. The van der Waals surface area contributed by atoms with Gasteiger partial charge in [-0.3, -0.25) is 4.79 Å². The molecule has 23 heavy (non-hydrogen) atoms. The average Bonchev–Trinajstić information content (AvgIpc) is 2.53. The van der Waals surface area contributed by atoms with Gasteiger partial charge in [-0.05, 0) is 64.3 Å². The molecule has 0 radical (unpaired) electrons. The van der Waals surface area contributed by atoms with Gasteiger partial charge in [0.2, 0.25) is 5.91 Å². The number of aliphatic hydroxyl groups excluding tert-OH is 1. The molecule has 1 amide bonds. The van der Waals surface area contributed by atoms with Crippen LogP contribution in [-0.4, -0.2) is 35.7 Å². The Morgan fingerprint density at radius 3 is 2.61 bits per heavy atom. The van der Waals surface area contributed by atoms with Crippen LogP contribution >= 0.6 is 0 Å². The number of piperidine rings is 1. The zero-order chi connectivity index (χ0) is 16.9. The molecule has 1 aromatic carbocycles. The molecule has 0 bridgehead atoms. The second-order valence-corrected chi connectivity index (χ2v) is 6.68. The first-order valence-electron chi connectivity index (χ1n) is 8.39. The van der Waals surface area contributed by atoms with Gasteiger partial charge in [0.25, 0.3) is 0 Å². The fourth-order valence-corrected chi connectivity index (χ4v) is 2.79. The largest absolute Gasteiger partial charge is 0.491 e. The van der Waals surface area contributed by atoms with Gasteiger partial charge >= 0.3 is 0 Å². The van der Waals surface area contributed by atoms with E-state index < -0.39 is 11.6 Å². The van der Waals surface area contributed by atoms with Crippen molar-refractivity contribution in [3.05, 3.63) is 29.8 Å². The van der Waals surface area contributed by atoms with Crippen molar-refractivity contribution < 1.29 is 14.6 Å². The first-order chi connectivity index (χ1) is 10.9. The van der Waals surface area contributed by atoms with Gasteiger partial charge in [-0.1, -0.05) is 12.1 Å². The van der Waals surface area contributed by atoms with Crippen LogP contribution in [0.1, 0.15) is 51.7 Å². The number of benzene rings is 1. The van der Waals surface area contributed by atoms with Crippen LogP contribution in [-0.2, 0) is 4.79 Å². The Hall–Kier alpha value is -1.59. The number of carbonyl (C=O) groups is 1. The summed E-state index contributed by atoms with van der Waals surface area (Å²) in [7, 11) is 0. The minimum Gasteiger partial charge on any atom is -0.491 e. The normalized spacial score (nSPS) is 22.7. The van der Waals surface area contributed by atoms with Crippen molar-refractivity contribution in [1.82, 2.24) is 10.6 Å². The number of hydrogen-bond acceptors (Lipinski definition) is 4. The Morgan fingerprint density at radius 2 is 2.04 bits per heavy atom. The smallest absolute Gasteiger partial charge is 0.240 e. The summed E-state index contributed by atoms with van der Waals surface area (Å²) in [4.78, 5) is 12.3. The molecular formula is C18H28N2O3. The Bertz CT molecular complexity index is 508. The minimum absolute atomic E-state index is 0.0454. The predicted molar refractivity (Wildman–Crippen MR) is 90.4 cm³/mol. The third-order valence-electron chi connectivity index (χ3n) is 4.21. The van der Waals surface area contributed by atoms with Crippen LogP contribution in [0.3, 0.4) is 0 Å². The molecule has 1 aliphatic heterocycles. The van der Waals surface area contributed by atoms with Gasteiger partial charge in [0.05, 0.1) is 17.7 Å². The van der Waals surface area contributed by atoms with Gasteiger partial charge in [0.1, 0.15) is 5.75 Å². The molecule has 2 atom stereocenters. The Morgan fingerprint density at radius 1 is 1.35 bits per heavy atom. The van der Waals surface area contributed by atoms with Crippen molar-refractivity contribution in [2.24, 2.45) is 0 Å². The summed E-state index contributed by atoms with van der Waals surface area (Å²) in [5.74, 6) is 0.731. The van der Waals surface area contributed by atoms with Crippen molar-refractivity contribution in [3.8, 4) is 5.75 Å². The number of carbonyl (C=O) groups excluding carboxylic acids is 1. The van der Waals surface area contributed by atoms with Crippen LogP contribution in [0.25, 0.3) is 0 Å². The fourth-order valence-electron chi connectivity index (χ4n) is 2.79. The highest BCUT2D eigenvalue weighted by molar-refractivity contribution is 5.86. The van der Waals surface area contributed by atoms with E-state index in [4.69, 9.17) is 4.74 Å². The standard InChI is InChI=1S/C18H28N2O3/c1-13(2)23-15-8-6-14(7-9-15)16(21)12-19-17(22)18(3)10-4-5-11-20-18/h6-9,13,16,20-21H,4-5,10-12H2,1-3H3,(H,19,22). The molecule has 0 aromatic heterocycles. The molecule has 1 saturated heterocycles. The van der Waals surface area contributed by atoms with E-state index in [1.54, 1.807) is 0 Å². The topological polar surface area (TPSA) is 70.6 Å². The van der Waals surface area contributed by atoms with Crippen LogP contribution in [0.2, 0.25) is 0 Å². The summed E-state index contributed by atoms with van der Waals surface area (Å²) in [6.07, 6.45) is 2.39. The summed E-state index contributed by atoms with van der Waals surface area (Å²) >= 11 is 0. The molecule has 2 unspecified atom stereocenters. The average molecular weight is 320 g/mol. The van der Waals surface area contributed by atoms with Crippen LogP contribution in [0.15, 0.2) is 24.3 Å². The van der Waals surface area contributed by atoms with Crippen molar-refractivity contribution >= 4 is 5.91 Å². The van der Waals surface area contributed by atoms with E-state index in [1.165, 1.54) is 0 Å². The van der Waals surface area contributed by atoms with E-state index >= 15 is 0 Å². The number of nitrogens with one attached hydrogen (secondary N) is 2. The highest BCUT2D eigenvalue weighted by Gasteiger charge is 2.34. The van der Waals surface area contributed by atoms with Crippen molar-refractivity contribution in [2.45, 2.75) is 57.8 Å². The van der Waals surface area contributed by atoms with Crippen LogP contribution in [0.4, 0.5) is 0 Å². The van der Waals surface area contributed by atoms with Crippen LogP contribution < -0.4 is 15.4 Å². The van der Waals surface area contributed by atoms with Gasteiger partial charge < -0.3 is 20.5 Å². The maximum atomic E-state index is 12.3. The Balaban J connectivity index is 1.86. The van der Waals surface area contributed by atoms with Crippen LogP contribution in [0.5, 0.6) is 5.75 Å². The lowest BCUT2D eigenvalue weighted by molar-refractivity contribution is -0.128. The quantitative estimate of drug-likeness (QED) is 0.751.